The molecule has 44 nitrogen and oxygen atoms in total. The molecule has 0 aromatic carbocycles. The van der Waals surface area contributed by atoms with Crippen LogP contribution in [-0.2, 0) is 99.6 Å². The molecule has 8 aliphatic heterocycles. The van der Waals surface area contributed by atoms with Crippen LogP contribution in [0, 0.1) is 56.2 Å². The summed E-state index contributed by atoms with van der Waals surface area (Å²) in [5.41, 5.74) is -7.70. The molecule has 0 radical (unpaired) electrons. The van der Waals surface area contributed by atoms with Crippen LogP contribution >= 0.6 is 0 Å². The standard InChI is InChI=1S/C96H154O44/c1-17-91(12,122)27-19-21-40(4)79(120)134-73-42(6)127-85(71(117)66(73)112)140-92(13,18-2)28-20-22-39(3)78(119)132-55-33-96(88(121)139-87-77(65(111)59(105)48(35-98)130-87)138-84-72(118)75(136-83-70(116)62(108)58(104)47(34-97)128-83)74(43(7)126-84)135-82-68(114)60(106)49(36-99)129-82)45(31-89(55,8)9)44-23-24-52-93(14)29-26-54(90(10,11)51(93)25-30-94(52,15)95(44,16)32-53(96)101)133-81-69(115)63(109)61(107)50(131-81)38-124-86-76(64(110)56(102)41(5)125-86)137-80-67(113)57(103)46(100)37-123-80/h17-18,21,23,39,41-43,45-77,80-87,97-118,122H,1-2,19-20,22,24-38H2,3-16H3. The van der Waals surface area contributed by atoms with E-state index in [4.69, 9.17) is 85.3 Å². The Morgan fingerprint density at radius 2 is 1.01 bits per heavy atom. The molecule has 0 aromatic rings. The largest absolute Gasteiger partial charge is 0.462 e. The minimum absolute atomic E-state index is 0.0224. The highest BCUT2D eigenvalue weighted by molar-refractivity contribution is 5.88. The molecule has 13 rings (SSSR count). The summed E-state index contributed by atoms with van der Waals surface area (Å²) in [6.45, 7) is 28.8. The Labute approximate surface area is 812 Å². The molecule has 12 fully saturated rings. The summed E-state index contributed by atoms with van der Waals surface area (Å²) < 4.78 is 110. The molecule has 5 aliphatic carbocycles. The van der Waals surface area contributed by atoms with Crippen LogP contribution in [0.25, 0.3) is 0 Å². The molecular formula is C96H154O44. The van der Waals surface area contributed by atoms with Crippen LogP contribution in [0.3, 0.4) is 0 Å². The van der Waals surface area contributed by atoms with E-state index >= 15 is 9.59 Å². The zero-order valence-electron chi connectivity index (χ0n) is 81.8. The Bertz CT molecular complexity index is 4240. The molecule has 8 heterocycles. The van der Waals surface area contributed by atoms with Gasteiger partial charge >= 0.3 is 17.9 Å². The smallest absolute Gasteiger partial charge is 0.333 e. The van der Waals surface area contributed by atoms with Gasteiger partial charge in [0.15, 0.2) is 56.2 Å². The molecule has 51 unspecified atom stereocenters. The van der Waals surface area contributed by atoms with Crippen LogP contribution in [0.15, 0.2) is 48.6 Å². The summed E-state index contributed by atoms with van der Waals surface area (Å²) in [7, 11) is 0. The number of allylic oxidation sites excluding steroid dienone is 3. The average Bonchev–Trinajstić information content (AvgIpc) is 0.712. The number of esters is 3. The van der Waals surface area contributed by atoms with E-state index in [1.807, 2.05) is 13.8 Å². The van der Waals surface area contributed by atoms with Crippen molar-refractivity contribution in [2.45, 2.75) is 443 Å². The molecule has 51 atom stereocenters. The minimum atomic E-state index is -2.27. The van der Waals surface area contributed by atoms with Crippen molar-refractivity contribution >= 4 is 17.9 Å². The van der Waals surface area contributed by atoms with Crippen molar-refractivity contribution in [1.82, 2.24) is 0 Å². The van der Waals surface area contributed by atoms with Gasteiger partial charge in [-0.2, -0.15) is 0 Å². The topological polar surface area (TPSA) is 683 Å². The fourth-order valence-electron chi connectivity index (χ4n) is 24.4. The number of hydrogen-bond acceptors (Lipinski definition) is 44. The number of hydrogen-bond donors (Lipinski definition) is 23. The number of ether oxygens (including phenoxy) is 18. The quantitative estimate of drug-likeness (QED) is 0.00981. The number of aliphatic hydroxyl groups is 23. The highest BCUT2D eigenvalue weighted by Crippen LogP contribution is 2.76. The Kier molecular flexibility index (Phi) is 35.7. The number of aliphatic hydroxyl groups excluding tert-OH is 22. The maximum atomic E-state index is 16.8. The van der Waals surface area contributed by atoms with E-state index in [2.05, 4.69) is 53.9 Å². The lowest BCUT2D eigenvalue weighted by Gasteiger charge is -2.72. The lowest BCUT2D eigenvalue weighted by atomic mass is 9.33. The third kappa shape index (κ3) is 21.7. The fraction of sp³-hybridized carbons (Fsp3) is 0.885. The van der Waals surface area contributed by atoms with Gasteiger partial charge in [-0.15, -0.1) is 13.2 Å². The number of carbonyl (C=O) groups excluding carboxylic acids is 3. The van der Waals surface area contributed by atoms with Crippen LogP contribution in [0.4, 0.5) is 0 Å². The van der Waals surface area contributed by atoms with E-state index in [1.54, 1.807) is 26.8 Å². The van der Waals surface area contributed by atoms with E-state index in [9.17, 15) is 122 Å². The van der Waals surface area contributed by atoms with Gasteiger partial charge in [0, 0.05) is 17.4 Å². The number of rotatable bonds is 33. The molecule has 23 N–H and O–H groups in total. The van der Waals surface area contributed by atoms with Crippen molar-refractivity contribution < 1.29 is 217 Å². The number of fused-ring (bicyclic) bond motifs is 7. The minimum Gasteiger partial charge on any atom is -0.462 e. The van der Waals surface area contributed by atoms with Gasteiger partial charge in [-0.1, -0.05) is 85.3 Å². The first-order chi connectivity index (χ1) is 65.5. The zero-order valence-corrected chi connectivity index (χ0v) is 81.8. The average molecular weight is 2010 g/mol. The van der Waals surface area contributed by atoms with Crippen LogP contribution < -0.4 is 0 Å². The van der Waals surface area contributed by atoms with Gasteiger partial charge in [-0.3, -0.25) is 9.59 Å². The van der Waals surface area contributed by atoms with Crippen LogP contribution in [0.5, 0.6) is 0 Å². The Morgan fingerprint density at radius 1 is 0.500 bits per heavy atom. The summed E-state index contributed by atoms with van der Waals surface area (Å²) in [6.07, 6.45) is -60.4. The Balaban J connectivity index is 0.764. The highest BCUT2D eigenvalue weighted by Gasteiger charge is 2.74. The molecule has 0 amide bonds. The Hall–Kier alpha value is -4.15. The number of carbonyl (C=O) groups is 3. The zero-order chi connectivity index (χ0) is 103. The first-order valence-corrected chi connectivity index (χ1v) is 49.0. The normalized spacial score (nSPS) is 49.1. The summed E-state index contributed by atoms with van der Waals surface area (Å²) in [5.74, 6) is -4.90. The lowest BCUT2D eigenvalue weighted by molar-refractivity contribution is -0.390. The van der Waals surface area contributed by atoms with Crippen molar-refractivity contribution in [3.05, 3.63) is 48.6 Å². The van der Waals surface area contributed by atoms with Gasteiger partial charge in [0.1, 0.15) is 164 Å². The SMILES string of the molecule is C=CC(C)(O)CCC=C(C)C(=O)OC1C(C)OC(OC(C)(C=C)CCCC(C)C(=O)OC2CC3(C(=O)OC4OC(CO)C(O)C(O)C4OC4OC(C)C(OC5OC(CO)C(O)C5O)C(OC5OC(CO)C(O)C(O)C5O)C4O)C(O)CC4(C)C(=CCC5C6(C)CCC(OC7OC(COC8OC(C)C(O)C(O)C8OC8OCC(O)C(O)C8O)C(O)C(O)C7O)C(C)(C)C6CCC54C)C3CC2(C)C)C(O)C1O. The summed E-state index contributed by atoms with van der Waals surface area (Å²) >= 11 is 0. The van der Waals surface area contributed by atoms with Gasteiger partial charge in [-0.05, 0) is 158 Å². The molecule has 0 aromatic heterocycles. The van der Waals surface area contributed by atoms with E-state index in [0.29, 0.717) is 38.5 Å². The molecular weight excluding hydrogens is 1860 g/mol. The first-order valence-electron chi connectivity index (χ1n) is 49.0. The lowest BCUT2D eigenvalue weighted by Crippen LogP contribution is -2.70. The predicted molar refractivity (Wildman–Crippen MR) is 475 cm³/mol. The van der Waals surface area contributed by atoms with Crippen molar-refractivity contribution in [2.75, 3.05) is 33.0 Å². The van der Waals surface area contributed by atoms with E-state index in [-0.39, 0.29) is 55.9 Å². The summed E-state index contributed by atoms with van der Waals surface area (Å²) in [4.78, 5) is 45.2. The van der Waals surface area contributed by atoms with Gasteiger partial charge in [-0.25, -0.2) is 4.79 Å². The monoisotopic (exact) mass is 2010 g/mol. The second kappa shape index (κ2) is 44.2. The maximum absolute atomic E-state index is 16.8. The predicted octanol–water partition coefficient (Wildman–Crippen LogP) is -3.93. The van der Waals surface area contributed by atoms with Crippen molar-refractivity contribution in [3.63, 3.8) is 0 Å². The molecule has 0 spiro atoms. The molecule has 8 saturated heterocycles. The van der Waals surface area contributed by atoms with Crippen molar-refractivity contribution in [3.8, 4) is 0 Å². The van der Waals surface area contributed by atoms with E-state index < -0.39 is 365 Å². The molecule has 140 heavy (non-hydrogen) atoms. The van der Waals surface area contributed by atoms with Gasteiger partial charge in [0.05, 0.1) is 80.7 Å². The van der Waals surface area contributed by atoms with Gasteiger partial charge in [0.25, 0.3) is 0 Å². The van der Waals surface area contributed by atoms with Crippen molar-refractivity contribution in [2.24, 2.45) is 56.2 Å². The molecule has 4 saturated carbocycles. The summed E-state index contributed by atoms with van der Waals surface area (Å²) in [5, 5.41) is 258. The van der Waals surface area contributed by atoms with Gasteiger partial charge in [0.2, 0.25) is 6.29 Å². The second-order valence-electron chi connectivity index (χ2n) is 43.8. The van der Waals surface area contributed by atoms with Crippen LogP contribution in [0.2, 0.25) is 0 Å². The first kappa shape index (κ1) is 113. The molecule has 0 bridgehead atoms. The third-order valence-electron chi connectivity index (χ3n) is 33.8. The molecule has 13 aliphatic rings. The Morgan fingerprint density at radius 3 is 1.63 bits per heavy atom. The molecule has 802 valence electrons. The van der Waals surface area contributed by atoms with Gasteiger partial charge < -0.3 is 203 Å². The van der Waals surface area contributed by atoms with E-state index in [1.165, 1.54) is 39.8 Å². The second-order valence-corrected chi connectivity index (χ2v) is 43.8. The molecule has 44 heteroatoms. The van der Waals surface area contributed by atoms with Crippen LogP contribution in [-0.4, -0.2) is 431 Å². The van der Waals surface area contributed by atoms with Crippen LogP contribution in [0.1, 0.15) is 180 Å². The third-order valence-corrected chi connectivity index (χ3v) is 33.8. The van der Waals surface area contributed by atoms with Crippen molar-refractivity contribution in [1.29, 1.82) is 0 Å². The fourth-order valence-corrected chi connectivity index (χ4v) is 24.4. The highest BCUT2D eigenvalue weighted by atomic mass is 16.8. The maximum Gasteiger partial charge on any atom is 0.333 e. The van der Waals surface area contributed by atoms with E-state index in [0.717, 1.165) is 5.57 Å². The summed E-state index contributed by atoms with van der Waals surface area (Å²) in [6, 6.07) is 0.